The molecule has 0 aliphatic rings. The van der Waals surface area contributed by atoms with Crippen molar-refractivity contribution in [1.29, 1.82) is 0 Å². The molecule has 0 fully saturated rings. The standard InChI is InChI=1S/C16H19B/c1-14(16-11-7-4-8-12-16)17(2)13-15-9-5-3-6-10-15/h3-12,14H,13H2,1-2H3. The van der Waals surface area contributed by atoms with Gasteiger partial charge in [-0.1, -0.05) is 85.5 Å². The quantitative estimate of drug-likeness (QED) is 0.679. The van der Waals surface area contributed by atoms with Crippen LogP contribution >= 0.6 is 0 Å². The number of hydrogen-bond donors (Lipinski definition) is 0. The van der Waals surface area contributed by atoms with Crippen molar-refractivity contribution in [3.05, 3.63) is 71.8 Å². The molecular formula is C16H19B. The highest BCUT2D eigenvalue weighted by atomic mass is 14.0. The van der Waals surface area contributed by atoms with E-state index in [0.29, 0.717) is 12.5 Å². The Kier molecular flexibility index (Phi) is 4.03. The molecule has 2 aromatic carbocycles. The van der Waals surface area contributed by atoms with E-state index in [1.807, 2.05) is 0 Å². The maximum absolute atomic E-state index is 2.34. The molecule has 0 radical (unpaired) electrons. The van der Waals surface area contributed by atoms with Crippen LogP contribution in [0.25, 0.3) is 0 Å². The van der Waals surface area contributed by atoms with Gasteiger partial charge >= 0.3 is 0 Å². The zero-order valence-electron chi connectivity index (χ0n) is 10.6. The molecule has 0 aromatic heterocycles. The van der Waals surface area contributed by atoms with Crippen LogP contribution in [0.2, 0.25) is 6.82 Å². The van der Waals surface area contributed by atoms with Crippen molar-refractivity contribution in [2.24, 2.45) is 0 Å². The van der Waals surface area contributed by atoms with Gasteiger partial charge in [0.15, 0.2) is 0 Å². The second-order valence-corrected chi connectivity index (χ2v) is 4.87. The first-order chi connectivity index (χ1) is 8.27. The summed E-state index contributed by atoms with van der Waals surface area (Å²) in [6, 6.07) is 21.5. The van der Waals surface area contributed by atoms with E-state index in [1.54, 1.807) is 0 Å². The highest BCUT2D eigenvalue weighted by Crippen LogP contribution is 2.20. The minimum Gasteiger partial charge on any atom is -0.0853 e. The van der Waals surface area contributed by atoms with Crippen LogP contribution < -0.4 is 0 Å². The summed E-state index contributed by atoms with van der Waals surface area (Å²) in [4.78, 5) is 0. The normalized spacial score (nSPS) is 12.1. The van der Waals surface area contributed by atoms with Crippen LogP contribution in [0.4, 0.5) is 0 Å². The van der Waals surface area contributed by atoms with E-state index in [-0.39, 0.29) is 0 Å². The minimum absolute atomic E-state index is 0.608. The number of benzene rings is 2. The summed E-state index contributed by atoms with van der Waals surface area (Å²) in [5.41, 5.74) is 2.87. The summed E-state index contributed by atoms with van der Waals surface area (Å²) < 4.78 is 0. The third-order valence-electron chi connectivity index (χ3n) is 3.58. The first kappa shape index (κ1) is 12.0. The molecule has 1 heteroatoms. The lowest BCUT2D eigenvalue weighted by Gasteiger charge is -2.17. The topological polar surface area (TPSA) is 0 Å². The minimum atomic E-state index is 0.608. The molecule has 0 aliphatic heterocycles. The van der Waals surface area contributed by atoms with Gasteiger partial charge in [-0.2, -0.15) is 0 Å². The van der Waals surface area contributed by atoms with Crippen LogP contribution in [0.15, 0.2) is 60.7 Å². The van der Waals surface area contributed by atoms with Crippen molar-refractivity contribution in [3.8, 4) is 0 Å². The monoisotopic (exact) mass is 222 g/mol. The van der Waals surface area contributed by atoms with Crippen molar-refractivity contribution >= 4 is 6.71 Å². The predicted molar refractivity (Wildman–Crippen MR) is 76.6 cm³/mol. The lowest BCUT2D eigenvalue weighted by molar-refractivity contribution is 1.02. The summed E-state index contributed by atoms with van der Waals surface area (Å²) >= 11 is 0. The Balaban J connectivity index is 2.03. The first-order valence-electron chi connectivity index (χ1n) is 6.36. The van der Waals surface area contributed by atoms with Crippen LogP contribution in [0.3, 0.4) is 0 Å². The molecule has 1 atom stereocenters. The van der Waals surface area contributed by atoms with Crippen molar-refractivity contribution in [2.75, 3.05) is 0 Å². The molecule has 0 N–H and O–H groups in total. The Bertz CT molecular complexity index is 436. The molecule has 0 heterocycles. The fraction of sp³-hybridized carbons (Fsp3) is 0.250. The zero-order valence-corrected chi connectivity index (χ0v) is 10.6. The predicted octanol–water partition coefficient (Wildman–Crippen LogP) is 4.24. The highest BCUT2D eigenvalue weighted by Gasteiger charge is 2.17. The summed E-state index contributed by atoms with van der Waals surface area (Å²) in [7, 11) is 0. The molecule has 86 valence electrons. The molecule has 0 spiro atoms. The first-order valence-corrected chi connectivity index (χ1v) is 6.36. The van der Waals surface area contributed by atoms with Crippen molar-refractivity contribution in [3.63, 3.8) is 0 Å². The van der Waals surface area contributed by atoms with Gasteiger partial charge in [-0.05, 0) is 12.1 Å². The zero-order chi connectivity index (χ0) is 12.1. The largest absolute Gasteiger partial charge is 0.149 e. The Morgan fingerprint density at radius 3 is 2.00 bits per heavy atom. The van der Waals surface area contributed by atoms with E-state index in [1.165, 1.54) is 11.1 Å². The Morgan fingerprint density at radius 2 is 1.41 bits per heavy atom. The second-order valence-electron chi connectivity index (χ2n) is 4.87. The van der Waals surface area contributed by atoms with E-state index >= 15 is 0 Å². The molecule has 0 saturated heterocycles. The van der Waals surface area contributed by atoms with Gasteiger partial charge in [0.1, 0.15) is 6.71 Å². The summed E-state index contributed by atoms with van der Waals surface area (Å²) in [5, 5.41) is 0. The smallest absolute Gasteiger partial charge is 0.0853 e. The third-order valence-corrected chi connectivity index (χ3v) is 3.58. The van der Waals surface area contributed by atoms with Gasteiger partial charge in [-0.25, -0.2) is 0 Å². The Labute approximate surface area is 105 Å². The van der Waals surface area contributed by atoms with Crippen LogP contribution in [0.1, 0.15) is 23.9 Å². The molecule has 0 nitrogen and oxygen atoms in total. The van der Waals surface area contributed by atoms with Gasteiger partial charge in [-0.3, -0.25) is 0 Å². The molecule has 2 rings (SSSR count). The van der Waals surface area contributed by atoms with Gasteiger partial charge < -0.3 is 0 Å². The van der Waals surface area contributed by atoms with Crippen molar-refractivity contribution in [2.45, 2.75) is 25.9 Å². The van der Waals surface area contributed by atoms with Gasteiger partial charge in [-0.15, -0.1) is 0 Å². The SMILES string of the molecule is CB(Cc1ccccc1)C(C)c1ccccc1. The van der Waals surface area contributed by atoms with E-state index in [0.717, 1.165) is 6.32 Å². The van der Waals surface area contributed by atoms with Crippen molar-refractivity contribution in [1.82, 2.24) is 0 Å². The Hall–Kier alpha value is -1.50. The van der Waals surface area contributed by atoms with E-state index < -0.39 is 0 Å². The third kappa shape index (κ3) is 3.23. The van der Waals surface area contributed by atoms with E-state index in [2.05, 4.69) is 74.4 Å². The van der Waals surface area contributed by atoms with Crippen LogP contribution in [-0.2, 0) is 6.32 Å². The number of rotatable bonds is 4. The molecule has 0 bridgehead atoms. The maximum atomic E-state index is 2.34. The van der Waals surface area contributed by atoms with Gasteiger partial charge in [0.2, 0.25) is 0 Å². The van der Waals surface area contributed by atoms with E-state index in [9.17, 15) is 0 Å². The molecule has 2 aromatic rings. The summed E-state index contributed by atoms with van der Waals surface area (Å²) in [6.07, 6.45) is 1.15. The summed E-state index contributed by atoms with van der Waals surface area (Å²) in [5.74, 6) is 0.608. The van der Waals surface area contributed by atoms with Crippen LogP contribution in [0, 0.1) is 0 Å². The van der Waals surface area contributed by atoms with E-state index in [4.69, 9.17) is 0 Å². The van der Waals surface area contributed by atoms with Crippen molar-refractivity contribution < 1.29 is 0 Å². The molecule has 17 heavy (non-hydrogen) atoms. The molecule has 1 unspecified atom stereocenters. The molecular weight excluding hydrogens is 203 g/mol. The average Bonchev–Trinajstić information content (AvgIpc) is 2.40. The lowest BCUT2D eigenvalue weighted by atomic mass is 9.39. The molecule has 0 aliphatic carbocycles. The van der Waals surface area contributed by atoms with Gasteiger partial charge in [0.05, 0.1) is 0 Å². The highest BCUT2D eigenvalue weighted by molar-refractivity contribution is 6.58. The number of hydrogen-bond acceptors (Lipinski definition) is 0. The molecule has 0 amide bonds. The fourth-order valence-electron chi connectivity index (χ4n) is 2.25. The van der Waals surface area contributed by atoms with Crippen LogP contribution in [-0.4, -0.2) is 6.71 Å². The lowest BCUT2D eigenvalue weighted by Crippen LogP contribution is -2.20. The van der Waals surface area contributed by atoms with Gasteiger partial charge in [0.25, 0.3) is 0 Å². The fourth-order valence-corrected chi connectivity index (χ4v) is 2.25. The summed E-state index contributed by atoms with van der Waals surface area (Å²) in [6.45, 7) is 5.33. The van der Waals surface area contributed by atoms with Gasteiger partial charge in [0, 0.05) is 0 Å². The molecule has 0 saturated carbocycles. The second kappa shape index (κ2) is 5.72. The Morgan fingerprint density at radius 1 is 0.882 bits per heavy atom. The average molecular weight is 222 g/mol. The van der Waals surface area contributed by atoms with Crippen LogP contribution in [0.5, 0.6) is 0 Å². The maximum Gasteiger partial charge on any atom is 0.149 e.